The summed E-state index contributed by atoms with van der Waals surface area (Å²) in [6.45, 7) is 3.00. The van der Waals surface area contributed by atoms with E-state index < -0.39 is 10.0 Å². The second-order valence-electron chi connectivity index (χ2n) is 5.85. The van der Waals surface area contributed by atoms with E-state index in [2.05, 4.69) is 4.98 Å². The number of carbonyl (C=O) groups excluding carboxylic acids is 1. The summed E-state index contributed by atoms with van der Waals surface area (Å²) in [5.74, 6) is -0.136. The molecule has 1 amide bonds. The van der Waals surface area contributed by atoms with Crippen molar-refractivity contribution in [3.05, 3.63) is 58.9 Å². The highest BCUT2D eigenvalue weighted by atomic mass is 35.5. The molecule has 0 saturated carbocycles. The molecule has 6 nitrogen and oxygen atoms in total. The second-order valence-corrected chi connectivity index (χ2v) is 8.19. The molecule has 3 rings (SSSR count). The van der Waals surface area contributed by atoms with Crippen LogP contribution in [0, 0.1) is 6.92 Å². The molecule has 0 unspecified atom stereocenters. The average molecular weight is 380 g/mol. The Bertz CT molecular complexity index is 879. The van der Waals surface area contributed by atoms with E-state index in [9.17, 15) is 13.2 Å². The summed E-state index contributed by atoms with van der Waals surface area (Å²) >= 11 is 6.05. The van der Waals surface area contributed by atoms with Crippen LogP contribution >= 0.6 is 11.6 Å². The third-order valence-corrected chi connectivity index (χ3v) is 6.52. The maximum absolute atomic E-state index is 12.8. The number of halogens is 1. The standard InChI is InChI=1S/C17H18ClN3O3S/c1-13-4-5-15(11-16(13)18)25(23,24)21-9-7-20(8-10-21)17(22)14-3-2-6-19-12-14/h2-6,11-12H,7-10H2,1H3. The first-order valence-electron chi connectivity index (χ1n) is 7.85. The summed E-state index contributed by atoms with van der Waals surface area (Å²) < 4.78 is 26.9. The van der Waals surface area contributed by atoms with Gasteiger partial charge in [0.15, 0.2) is 0 Å². The summed E-state index contributed by atoms with van der Waals surface area (Å²) in [5, 5.41) is 0.423. The number of benzene rings is 1. The Labute approximate surface area is 152 Å². The summed E-state index contributed by atoms with van der Waals surface area (Å²) in [4.78, 5) is 18.2. The fraction of sp³-hybridized carbons (Fsp3) is 0.294. The van der Waals surface area contributed by atoms with E-state index in [0.717, 1.165) is 5.56 Å². The van der Waals surface area contributed by atoms with Gasteiger partial charge in [-0.15, -0.1) is 0 Å². The van der Waals surface area contributed by atoms with Crippen molar-refractivity contribution >= 4 is 27.5 Å². The van der Waals surface area contributed by atoms with Gasteiger partial charge in [0, 0.05) is 43.6 Å². The molecular weight excluding hydrogens is 362 g/mol. The van der Waals surface area contributed by atoms with Crippen LogP contribution in [0.15, 0.2) is 47.6 Å². The van der Waals surface area contributed by atoms with E-state index in [1.807, 2.05) is 6.92 Å². The molecule has 1 aliphatic rings. The number of piperazine rings is 1. The molecule has 1 aliphatic heterocycles. The molecule has 25 heavy (non-hydrogen) atoms. The van der Waals surface area contributed by atoms with E-state index in [-0.39, 0.29) is 23.9 Å². The minimum Gasteiger partial charge on any atom is -0.336 e. The van der Waals surface area contributed by atoms with Crippen molar-refractivity contribution in [3.63, 3.8) is 0 Å². The highest BCUT2D eigenvalue weighted by Gasteiger charge is 2.30. The fourth-order valence-electron chi connectivity index (χ4n) is 2.69. The van der Waals surface area contributed by atoms with Crippen LogP contribution in [0.1, 0.15) is 15.9 Å². The SMILES string of the molecule is Cc1ccc(S(=O)(=O)N2CCN(C(=O)c3cccnc3)CC2)cc1Cl. The number of rotatable bonds is 3. The van der Waals surface area contributed by atoms with Crippen LogP contribution in [0.25, 0.3) is 0 Å². The molecule has 0 spiro atoms. The normalized spacial score (nSPS) is 16.0. The molecule has 0 atom stereocenters. The number of carbonyl (C=O) groups is 1. The molecule has 1 aromatic heterocycles. The summed E-state index contributed by atoms with van der Waals surface area (Å²) in [5.41, 5.74) is 1.33. The third kappa shape index (κ3) is 3.68. The Kier molecular flexibility index (Phi) is 5.08. The predicted octanol–water partition coefficient (Wildman–Crippen LogP) is 2.19. The quantitative estimate of drug-likeness (QED) is 0.819. The molecule has 1 aromatic carbocycles. The minimum absolute atomic E-state index is 0.136. The Balaban J connectivity index is 1.71. The van der Waals surface area contributed by atoms with Crippen LogP contribution in [-0.4, -0.2) is 54.7 Å². The Hall–Kier alpha value is -1.96. The highest BCUT2D eigenvalue weighted by Crippen LogP contribution is 2.23. The maximum atomic E-state index is 12.8. The van der Waals surface area contributed by atoms with Crippen molar-refractivity contribution < 1.29 is 13.2 Å². The van der Waals surface area contributed by atoms with Crippen molar-refractivity contribution in [2.24, 2.45) is 0 Å². The minimum atomic E-state index is -3.62. The summed E-state index contributed by atoms with van der Waals surface area (Å²) in [7, 11) is -3.62. The molecule has 0 radical (unpaired) electrons. The maximum Gasteiger partial charge on any atom is 0.255 e. The second kappa shape index (κ2) is 7.11. The molecule has 0 aliphatic carbocycles. The van der Waals surface area contributed by atoms with Crippen molar-refractivity contribution in [1.29, 1.82) is 0 Å². The molecule has 2 aromatic rings. The lowest BCUT2D eigenvalue weighted by Crippen LogP contribution is -2.50. The van der Waals surface area contributed by atoms with Gasteiger partial charge in [-0.1, -0.05) is 17.7 Å². The lowest BCUT2D eigenvalue weighted by Gasteiger charge is -2.34. The number of hydrogen-bond acceptors (Lipinski definition) is 4. The van der Waals surface area contributed by atoms with E-state index in [1.54, 1.807) is 35.4 Å². The number of aryl methyl sites for hydroxylation is 1. The van der Waals surface area contributed by atoms with Crippen molar-refractivity contribution in [2.75, 3.05) is 26.2 Å². The van der Waals surface area contributed by atoms with Gasteiger partial charge in [-0.05, 0) is 36.8 Å². The van der Waals surface area contributed by atoms with Crippen LogP contribution in [0.2, 0.25) is 5.02 Å². The van der Waals surface area contributed by atoms with Crippen LogP contribution in [-0.2, 0) is 10.0 Å². The van der Waals surface area contributed by atoms with E-state index in [1.165, 1.54) is 16.6 Å². The number of pyridine rings is 1. The van der Waals surface area contributed by atoms with Crippen LogP contribution in [0.3, 0.4) is 0 Å². The highest BCUT2D eigenvalue weighted by molar-refractivity contribution is 7.89. The summed E-state index contributed by atoms with van der Waals surface area (Å²) in [6.07, 6.45) is 3.12. The summed E-state index contributed by atoms with van der Waals surface area (Å²) in [6, 6.07) is 8.13. The average Bonchev–Trinajstić information content (AvgIpc) is 2.64. The van der Waals surface area contributed by atoms with Crippen LogP contribution < -0.4 is 0 Å². The smallest absolute Gasteiger partial charge is 0.255 e. The molecule has 1 fully saturated rings. The van der Waals surface area contributed by atoms with Crippen molar-refractivity contribution in [3.8, 4) is 0 Å². The van der Waals surface area contributed by atoms with Crippen molar-refractivity contribution in [1.82, 2.24) is 14.2 Å². The van der Waals surface area contributed by atoms with Gasteiger partial charge >= 0.3 is 0 Å². The number of amides is 1. The molecule has 8 heteroatoms. The first-order valence-corrected chi connectivity index (χ1v) is 9.67. The first-order chi connectivity index (χ1) is 11.9. The number of nitrogens with zero attached hydrogens (tertiary/aromatic N) is 3. The van der Waals surface area contributed by atoms with E-state index in [4.69, 9.17) is 11.6 Å². The van der Waals surface area contributed by atoms with E-state index in [0.29, 0.717) is 23.7 Å². The van der Waals surface area contributed by atoms with Gasteiger partial charge in [0.1, 0.15) is 0 Å². The third-order valence-electron chi connectivity index (χ3n) is 4.22. The monoisotopic (exact) mass is 379 g/mol. The molecule has 1 saturated heterocycles. The van der Waals surface area contributed by atoms with Gasteiger partial charge in [0.05, 0.1) is 10.5 Å². The zero-order valence-corrected chi connectivity index (χ0v) is 15.3. The van der Waals surface area contributed by atoms with Crippen molar-refractivity contribution in [2.45, 2.75) is 11.8 Å². The lowest BCUT2D eigenvalue weighted by atomic mass is 10.2. The van der Waals surface area contributed by atoms with Crippen LogP contribution in [0.4, 0.5) is 0 Å². The van der Waals surface area contributed by atoms with Gasteiger partial charge in [0.25, 0.3) is 5.91 Å². The van der Waals surface area contributed by atoms with Gasteiger partial charge in [-0.3, -0.25) is 9.78 Å². The van der Waals surface area contributed by atoms with Gasteiger partial charge in [-0.25, -0.2) is 8.42 Å². The number of hydrogen-bond donors (Lipinski definition) is 0. The lowest BCUT2D eigenvalue weighted by molar-refractivity contribution is 0.0697. The van der Waals surface area contributed by atoms with Crippen LogP contribution in [0.5, 0.6) is 0 Å². The Morgan fingerprint density at radius 1 is 1.16 bits per heavy atom. The number of aromatic nitrogens is 1. The topological polar surface area (TPSA) is 70.6 Å². The van der Waals surface area contributed by atoms with Gasteiger partial charge < -0.3 is 4.90 Å². The Morgan fingerprint density at radius 3 is 2.48 bits per heavy atom. The predicted molar refractivity (Wildman–Crippen MR) is 95.1 cm³/mol. The number of sulfonamides is 1. The van der Waals surface area contributed by atoms with Gasteiger partial charge in [-0.2, -0.15) is 4.31 Å². The zero-order chi connectivity index (χ0) is 18.0. The Morgan fingerprint density at radius 2 is 1.88 bits per heavy atom. The van der Waals surface area contributed by atoms with E-state index >= 15 is 0 Å². The fourth-order valence-corrected chi connectivity index (χ4v) is 4.38. The molecule has 2 heterocycles. The molecule has 132 valence electrons. The molecular formula is C17H18ClN3O3S. The largest absolute Gasteiger partial charge is 0.336 e. The molecule has 0 bridgehead atoms. The first kappa shape index (κ1) is 17.8. The molecule has 0 N–H and O–H groups in total. The zero-order valence-electron chi connectivity index (χ0n) is 13.7. The van der Waals surface area contributed by atoms with Gasteiger partial charge in [0.2, 0.25) is 10.0 Å².